The summed E-state index contributed by atoms with van der Waals surface area (Å²) in [6.07, 6.45) is 1.33. The first-order valence-corrected chi connectivity index (χ1v) is 10.5. The van der Waals surface area contributed by atoms with E-state index in [1.165, 1.54) is 33.6 Å². The predicted molar refractivity (Wildman–Crippen MR) is 130 cm³/mol. The minimum atomic E-state index is -1.60. The highest BCUT2D eigenvalue weighted by Gasteiger charge is 2.14. The summed E-state index contributed by atoms with van der Waals surface area (Å²) in [4.78, 5) is 36.5. The summed E-state index contributed by atoms with van der Waals surface area (Å²) in [6, 6.07) is 12.5. The zero-order valence-corrected chi connectivity index (χ0v) is 18.8. The van der Waals surface area contributed by atoms with Crippen molar-refractivity contribution in [2.45, 2.75) is 6.29 Å². The van der Waals surface area contributed by atoms with E-state index in [1.54, 1.807) is 50.5 Å². The molecule has 0 bridgehead atoms. The van der Waals surface area contributed by atoms with Crippen molar-refractivity contribution in [1.29, 1.82) is 0 Å². The number of carbonyl (C=O) groups is 1. The van der Waals surface area contributed by atoms with Gasteiger partial charge in [-0.1, -0.05) is 36.4 Å². The molecule has 0 aliphatic rings. The number of rotatable bonds is 6. The van der Waals surface area contributed by atoms with Crippen molar-refractivity contribution in [2.75, 3.05) is 0 Å². The minimum Gasteiger partial charge on any atom is -0.478 e. The fraction of sp³-hybridized carbons (Fsp3) is 0.120. The molecular formula is C25H22N4O6. The number of benzene rings is 2. The van der Waals surface area contributed by atoms with Gasteiger partial charge in [0.1, 0.15) is 0 Å². The zero-order chi connectivity index (χ0) is 25.3. The lowest BCUT2D eigenvalue weighted by Gasteiger charge is -2.05. The van der Waals surface area contributed by atoms with E-state index in [0.29, 0.717) is 39.2 Å². The number of hydrogen-bond acceptors (Lipinski definition) is 5. The van der Waals surface area contributed by atoms with Gasteiger partial charge in [-0.3, -0.25) is 29.2 Å². The summed E-state index contributed by atoms with van der Waals surface area (Å²) in [5, 5.41) is 33.6. The molecule has 0 radical (unpaired) electrons. The quantitative estimate of drug-likeness (QED) is 0.213. The maximum atomic E-state index is 12.7. The van der Waals surface area contributed by atoms with E-state index in [9.17, 15) is 24.6 Å². The molecule has 0 saturated carbocycles. The van der Waals surface area contributed by atoms with Gasteiger partial charge >= 0.3 is 5.97 Å². The number of aromatic amines is 2. The van der Waals surface area contributed by atoms with E-state index in [4.69, 9.17) is 5.11 Å². The lowest BCUT2D eigenvalue weighted by atomic mass is 10.0. The van der Waals surface area contributed by atoms with Crippen LogP contribution >= 0.6 is 0 Å². The molecule has 0 aliphatic carbocycles. The number of aromatic nitrogens is 4. The second-order valence-corrected chi connectivity index (χ2v) is 7.86. The normalized spacial score (nSPS) is 10.9. The molecule has 10 heteroatoms. The lowest BCUT2D eigenvalue weighted by molar-refractivity contribution is -0.0424. The molecular weight excluding hydrogens is 452 g/mol. The third-order valence-corrected chi connectivity index (χ3v) is 5.54. The number of H-pyrrole nitrogens is 2. The van der Waals surface area contributed by atoms with Crippen LogP contribution in [0.4, 0.5) is 0 Å². The van der Waals surface area contributed by atoms with Gasteiger partial charge in [0.05, 0.1) is 28.1 Å². The van der Waals surface area contributed by atoms with Crippen LogP contribution < -0.4 is 11.1 Å². The standard InChI is InChI=1S/C25H22N4O6/c1-28-22(30)18(20(26-28)14-6-10-16(11-7-14)24(32)33)4-3-5-19-21(27-29(2)23(19)31)15-8-12-17(13-9-15)25(34)35/h4-13,24,26-27,32-33H,1-2H3,(H,34,35). The number of carboxylic acids is 1. The monoisotopic (exact) mass is 474 g/mol. The topological polar surface area (TPSA) is 153 Å². The first-order valence-electron chi connectivity index (χ1n) is 10.5. The Morgan fingerprint density at radius 3 is 1.66 bits per heavy atom. The van der Waals surface area contributed by atoms with E-state index in [0.717, 1.165) is 0 Å². The molecule has 4 rings (SSSR count). The van der Waals surface area contributed by atoms with E-state index in [-0.39, 0.29) is 16.7 Å². The van der Waals surface area contributed by atoms with Crippen molar-refractivity contribution >= 4 is 18.1 Å². The lowest BCUT2D eigenvalue weighted by Crippen LogP contribution is -2.13. The van der Waals surface area contributed by atoms with Crippen molar-refractivity contribution in [3.63, 3.8) is 0 Å². The summed E-state index contributed by atoms with van der Waals surface area (Å²) in [5.41, 5.74) is 5.59. The van der Waals surface area contributed by atoms with Crippen molar-refractivity contribution in [2.24, 2.45) is 14.1 Å². The van der Waals surface area contributed by atoms with E-state index in [1.807, 2.05) is 0 Å². The minimum absolute atomic E-state index is 0.126. The first kappa shape index (κ1) is 23.5. The fourth-order valence-electron chi connectivity index (χ4n) is 3.65. The van der Waals surface area contributed by atoms with Crippen LogP contribution in [0.25, 0.3) is 34.7 Å². The average Bonchev–Trinajstić information content (AvgIpc) is 3.29. The molecule has 0 aliphatic heterocycles. The molecule has 2 heterocycles. The molecule has 2 aromatic heterocycles. The Morgan fingerprint density at radius 2 is 1.26 bits per heavy atom. The summed E-state index contributed by atoms with van der Waals surface area (Å²) < 4.78 is 2.61. The van der Waals surface area contributed by atoms with Crippen molar-refractivity contribution in [1.82, 2.24) is 19.6 Å². The molecule has 35 heavy (non-hydrogen) atoms. The highest BCUT2D eigenvalue weighted by atomic mass is 16.5. The summed E-state index contributed by atoms with van der Waals surface area (Å²) in [7, 11) is 3.13. The van der Waals surface area contributed by atoms with Gasteiger partial charge in [0.2, 0.25) is 0 Å². The van der Waals surface area contributed by atoms with Crippen LogP contribution in [0, 0.1) is 0 Å². The molecule has 0 spiro atoms. The average molecular weight is 474 g/mol. The van der Waals surface area contributed by atoms with Crippen LogP contribution in [0.3, 0.4) is 0 Å². The fourth-order valence-corrected chi connectivity index (χ4v) is 3.65. The third kappa shape index (κ3) is 4.57. The molecule has 178 valence electrons. The number of aliphatic hydroxyl groups excluding tert-OH is 1. The molecule has 0 atom stereocenters. The summed E-state index contributed by atoms with van der Waals surface area (Å²) in [6.45, 7) is 0. The van der Waals surface area contributed by atoms with Gasteiger partial charge in [-0.25, -0.2) is 4.79 Å². The Kier molecular flexibility index (Phi) is 6.26. The van der Waals surface area contributed by atoms with Gasteiger partial charge < -0.3 is 15.3 Å². The first-order chi connectivity index (χ1) is 16.7. The molecule has 0 unspecified atom stereocenters. The Bertz CT molecular complexity index is 1570. The Morgan fingerprint density at radius 1 is 0.829 bits per heavy atom. The third-order valence-electron chi connectivity index (χ3n) is 5.54. The molecule has 0 amide bonds. The van der Waals surface area contributed by atoms with Crippen LogP contribution in [0.5, 0.6) is 0 Å². The van der Waals surface area contributed by atoms with Gasteiger partial charge in [-0.05, 0) is 24.3 Å². The number of nitrogens with zero attached hydrogens (tertiary/aromatic N) is 2. The maximum absolute atomic E-state index is 12.7. The van der Waals surface area contributed by atoms with Crippen LogP contribution in [0.2, 0.25) is 0 Å². The largest absolute Gasteiger partial charge is 0.478 e. The van der Waals surface area contributed by atoms with E-state index in [2.05, 4.69) is 15.9 Å². The van der Waals surface area contributed by atoms with Crippen LogP contribution in [-0.4, -0.2) is 40.8 Å². The molecule has 2 aromatic carbocycles. The number of carboxylic acid groups (broad SMARTS) is 1. The highest BCUT2D eigenvalue weighted by Crippen LogP contribution is 2.24. The highest BCUT2D eigenvalue weighted by molar-refractivity contribution is 5.88. The van der Waals surface area contributed by atoms with Gasteiger partial charge in [0, 0.05) is 30.8 Å². The second-order valence-electron chi connectivity index (χ2n) is 7.86. The summed E-state index contributed by atoms with van der Waals surface area (Å²) in [5.74, 6) is -1.05. The van der Waals surface area contributed by atoms with Crippen molar-refractivity contribution in [3.8, 4) is 22.5 Å². The number of hydrogen-bond donors (Lipinski definition) is 5. The smallest absolute Gasteiger partial charge is 0.335 e. The van der Waals surface area contributed by atoms with Gasteiger partial charge in [-0.15, -0.1) is 5.73 Å². The van der Waals surface area contributed by atoms with Crippen LogP contribution in [-0.2, 0) is 14.1 Å². The Labute approximate surface area is 198 Å². The van der Waals surface area contributed by atoms with Crippen molar-refractivity contribution < 1.29 is 20.1 Å². The molecule has 10 nitrogen and oxygen atoms in total. The SMILES string of the molecule is Cn1[nH]c(-c2ccc(C(=O)O)cc2)c(C=C=Cc2c(-c3ccc(C(O)O)cc3)[nH]n(C)c2=O)c1=O. The Balaban J connectivity index is 1.75. The number of aliphatic hydroxyl groups is 2. The number of nitrogens with one attached hydrogen (secondary N) is 2. The Hall–Kier alpha value is -4.63. The number of aryl methyl sites for hydroxylation is 2. The van der Waals surface area contributed by atoms with Crippen LogP contribution in [0.15, 0.2) is 63.9 Å². The number of aromatic carboxylic acids is 1. The summed E-state index contributed by atoms with van der Waals surface area (Å²) >= 11 is 0. The molecule has 0 saturated heterocycles. The molecule has 0 fully saturated rings. The van der Waals surface area contributed by atoms with Crippen molar-refractivity contribution in [3.05, 3.63) is 97.2 Å². The molecule has 5 N–H and O–H groups in total. The van der Waals surface area contributed by atoms with Crippen LogP contribution in [0.1, 0.15) is 33.3 Å². The van der Waals surface area contributed by atoms with Gasteiger partial charge in [0.25, 0.3) is 11.1 Å². The second kappa shape index (κ2) is 9.32. The van der Waals surface area contributed by atoms with E-state index >= 15 is 0 Å². The van der Waals surface area contributed by atoms with Gasteiger partial charge in [-0.2, -0.15) is 0 Å². The van der Waals surface area contributed by atoms with E-state index < -0.39 is 12.3 Å². The van der Waals surface area contributed by atoms with Gasteiger partial charge in [0.15, 0.2) is 6.29 Å². The predicted octanol–water partition coefficient (Wildman–Crippen LogP) is 2.08. The zero-order valence-electron chi connectivity index (χ0n) is 18.8. The molecule has 4 aromatic rings. The maximum Gasteiger partial charge on any atom is 0.335 e.